The maximum Gasteiger partial charge on any atom is 0.481 e. The zero-order valence-electron chi connectivity index (χ0n) is 39.6. The first kappa shape index (κ1) is 65.2. The number of ether oxygens (including phenoxy) is 9. The Hall–Kier alpha value is -3.84. The Morgan fingerprint density at radius 2 is 0.577 bits per heavy atom. The smallest absolute Gasteiger partial charge is 0.438 e. The summed E-state index contributed by atoms with van der Waals surface area (Å²) in [5.41, 5.74) is 0. The molecule has 0 aromatic carbocycles. The fourth-order valence-corrected chi connectivity index (χ4v) is 8.95. The van der Waals surface area contributed by atoms with Gasteiger partial charge in [0.1, 0.15) is 24.4 Å². The van der Waals surface area contributed by atoms with Crippen LogP contribution in [0.25, 0.3) is 0 Å². The van der Waals surface area contributed by atoms with Gasteiger partial charge in [0, 0.05) is 68.4 Å². The Balaban J connectivity index is 4.55. The molecule has 0 spiro atoms. The topological polar surface area (TPSA) is 399 Å². The standard InChI is InChI=1S/C34H56O33P4/c1-10-11-12-47-30-13-31(64-68(43,56-14-48-22(2)35)57-15-49-23(3)36)33(66-70(45,60-18-52-26(6)39)61-19-53-27(7)40)34(67-71(46,62-20-54-28(8)41)63-21-55-29(9)42)32(30)65-69(44,58-16-50-24(4)37)59-17-51-25(5)38/h30-34H,10-21H2,1-9H3/t30-,31+,32+,33-,34-/m1/s1. The van der Waals surface area contributed by atoms with Crippen molar-refractivity contribution in [3.8, 4) is 0 Å². The molecule has 0 aromatic rings. The van der Waals surface area contributed by atoms with Crippen LogP contribution in [-0.4, -0.2) is 139 Å². The number of phosphoric ester groups is 4. The quantitative estimate of drug-likeness (QED) is 0.0283. The summed E-state index contributed by atoms with van der Waals surface area (Å²) in [5, 5.41) is 0. The lowest BCUT2D eigenvalue weighted by atomic mass is 9.87. The van der Waals surface area contributed by atoms with Crippen LogP contribution in [0.1, 0.15) is 81.6 Å². The largest absolute Gasteiger partial charge is 0.481 e. The van der Waals surface area contributed by atoms with E-state index in [0.717, 1.165) is 55.4 Å². The lowest BCUT2D eigenvalue weighted by Crippen LogP contribution is -2.59. The fourth-order valence-electron chi connectivity index (χ4n) is 4.52. The molecule has 0 unspecified atom stereocenters. The summed E-state index contributed by atoms with van der Waals surface area (Å²) >= 11 is 0. The predicted molar refractivity (Wildman–Crippen MR) is 221 cm³/mol. The monoisotopic (exact) mass is 1120 g/mol. The average Bonchev–Trinajstić information content (AvgIpc) is 3.22. The number of unbranched alkanes of at least 4 members (excludes halogenated alkanes) is 1. The molecule has 1 rings (SSSR count). The first-order chi connectivity index (χ1) is 33.1. The number of esters is 8. The van der Waals surface area contributed by atoms with Gasteiger partial charge in [-0.25, -0.2) is 54.5 Å². The van der Waals surface area contributed by atoms with Gasteiger partial charge in [0.15, 0.2) is 0 Å². The van der Waals surface area contributed by atoms with Crippen molar-refractivity contribution in [2.24, 2.45) is 0 Å². The molecule has 1 aliphatic rings. The van der Waals surface area contributed by atoms with Crippen LogP contribution in [-0.2, 0) is 154 Å². The highest BCUT2D eigenvalue weighted by Crippen LogP contribution is 2.61. The Morgan fingerprint density at radius 3 is 0.817 bits per heavy atom. The van der Waals surface area contributed by atoms with Gasteiger partial charge in [0.2, 0.25) is 54.3 Å². The van der Waals surface area contributed by atoms with Crippen molar-refractivity contribution in [1.29, 1.82) is 0 Å². The predicted octanol–water partition coefficient (Wildman–Crippen LogP) is 3.85. The first-order valence-corrected chi connectivity index (χ1v) is 26.0. The minimum Gasteiger partial charge on any atom is -0.438 e. The Kier molecular flexibility index (Phi) is 30.4. The summed E-state index contributed by atoms with van der Waals surface area (Å²) < 4.78 is 166. The third kappa shape index (κ3) is 28.9. The molecule has 0 aliphatic heterocycles. The van der Waals surface area contributed by atoms with Crippen LogP contribution in [0.5, 0.6) is 0 Å². The van der Waals surface area contributed by atoms with Gasteiger partial charge < -0.3 is 42.6 Å². The van der Waals surface area contributed by atoms with E-state index < -0.39 is 170 Å². The third-order valence-corrected chi connectivity index (χ3v) is 12.9. The molecule has 410 valence electrons. The van der Waals surface area contributed by atoms with Gasteiger partial charge in [-0.3, -0.25) is 56.5 Å². The number of hydrogen-bond acceptors (Lipinski definition) is 33. The summed E-state index contributed by atoms with van der Waals surface area (Å²) in [6.07, 6.45) is -11.9. The van der Waals surface area contributed by atoms with Crippen molar-refractivity contribution < 1.29 is 154 Å². The normalized spacial score (nSPS) is 18.4. The molecule has 0 bridgehead atoms. The van der Waals surface area contributed by atoms with Gasteiger partial charge >= 0.3 is 79.0 Å². The summed E-state index contributed by atoms with van der Waals surface area (Å²) in [6.45, 7) is -1.36. The van der Waals surface area contributed by atoms with Crippen LogP contribution in [0.3, 0.4) is 0 Å². The van der Waals surface area contributed by atoms with Gasteiger partial charge in [-0.15, -0.1) is 0 Å². The molecule has 1 saturated carbocycles. The highest BCUT2D eigenvalue weighted by molar-refractivity contribution is 7.49. The van der Waals surface area contributed by atoms with Gasteiger partial charge in [0.25, 0.3) is 0 Å². The van der Waals surface area contributed by atoms with Crippen LogP contribution in [0.2, 0.25) is 0 Å². The van der Waals surface area contributed by atoms with E-state index in [2.05, 4.69) is 0 Å². The molecule has 33 nitrogen and oxygen atoms in total. The van der Waals surface area contributed by atoms with Crippen molar-refractivity contribution in [2.75, 3.05) is 61.0 Å². The molecule has 0 N–H and O–H groups in total. The lowest BCUT2D eigenvalue weighted by Gasteiger charge is -2.46. The minimum atomic E-state index is -5.63. The Bertz CT molecular complexity index is 1860. The number of rotatable bonds is 36. The molecule has 0 radical (unpaired) electrons. The maximum atomic E-state index is 14.7. The lowest BCUT2D eigenvalue weighted by molar-refractivity contribution is -0.192. The zero-order valence-corrected chi connectivity index (χ0v) is 43.2. The summed E-state index contributed by atoms with van der Waals surface area (Å²) in [5.74, 6) is -8.18. The van der Waals surface area contributed by atoms with Gasteiger partial charge in [0.05, 0.1) is 6.10 Å². The Labute approximate surface area is 405 Å². The number of carbonyl (C=O) groups excluding carboxylic acids is 8. The van der Waals surface area contributed by atoms with Crippen LogP contribution < -0.4 is 0 Å². The van der Waals surface area contributed by atoms with E-state index in [1.54, 1.807) is 6.92 Å². The van der Waals surface area contributed by atoms with Crippen molar-refractivity contribution >= 4 is 79.0 Å². The van der Waals surface area contributed by atoms with Crippen LogP contribution in [0.15, 0.2) is 0 Å². The van der Waals surface area contributed by atoms with E-state index in [-0.39, 0.29) is 13.0 Å². The van der Waals surface area contributed by atoms with E-state index in [1.807, 2.05) is 0 Å². The minimum absolute atomic E-state index is 0.220. The van der Waals surface area contributed by atoms with Crippen molar-refractivity contribution in [2.45, 2.75) is 112 Å². The number of carbonyl (C=O) groups is 8. The molecular formula is C34H56O33P4. The van der Waals surface area contributed by atoms with Crippen molar-refractivity contribution in [3.05, 3.63) is 0 Å². The molecule has 0 heterocycles. The maximum absolute atomic E-state index is 14.7. The second kappa shape index (κ2) is 33.1. The molecule has 1 aliphatic carbocycles. The molecule has 0 amide bonds. The van der Waals surface area contributed by atoms with E-state index in [4.69, 9.17) is 96.9 Å². The summed E-state index contributed by atoms with van der Waals surface area (Å²) in [4.78, 5) is 93.8. The third-order valence-electron chi connectivity index (χ3n) is 7.48. The van der Waals surface area contributed by atoms with Gasteiger partial charge in [-0.05, 0) is 6.42 Å². The summed E-state index contributed by atoms with van der Waals surface area (Å²) in [6, 6.07) is 0. The number of hydrogen-bond donors (Lipinski definition) is 0. The van der Waals surface area contributed by atoms with E-state index in [9.17, 15) is 56.6 Å². The molecule has 1 fully saturated rings. The van der Waals surface area contributed by atoms with Crippen LogP contribution in [0, 0.1) is 0 Å². The van der Waals surface area contributed by atoms with Crippen molar-refractivity contribution in [1.82, 2.24) is 0 Å². The van der Waals surface area contributed by atoms with Crippen LogP contribution >= 0.6 is 31.3 Å². The second-order valence-electron chi connectivity index (χ2n) is 13.2. The van der Waals surface area contributed by atoms with Crippen molar-refractivity contribution in [3.63, 3.8) is 0 Å². The molecule has 5 atom stereocenters. The molecular weight excluding hydrogens is 1060 g/mol. The first-order valence-electron chi connectivity index (χ1n) is 20.1. The molecule has 0 saturated heterocycles. The van der Waals surface area contributed by atoms with E-state index >= 15 is 0 Å². The Morgan fingerprint density at radius 1 is 0.352 bits per heavy atom. The zero-order chi connectivity index (χ0) is 53.8. The van der Waals surface area contributed by atoms with E-state index in [1.165, 1.54) is 0 Å². The number of phosphoric acid groups is 4. The average molecular weight is 1120 g/mol. The summed E-state index contributed by atoms with van der Waals surface area (Å²) in [7, 11) is -22.1. The van der Waals surface area contributed by atoms with Crippen LogP contribution in [0.4, 0.5) is 0 Å². The van der Waals surface area contributed by atoms with E-state index in [0.29, 0.717) is 6.42 Å². The molecule has 71 heavy (non-hydrogen) atoms. The SMILES string of the molecule is CCCCO[C@@H]1C[C@H](OP(=O)(OCOC(C)=O)OCOC(C)=O)[C@@H](OP(=O)(OCOC(C)=O)OCOC(C)=O)[C@H](OP(=O)(OCOC(C)=O)OCOC(C)=O)[C@H]1OP(=O)(OCOC(C)=O)OCOC(C)=O. The molecule has 37 heteroatoms. The van der Waals surface area contributed by atoms with Gasteiger partial charge in [-0.1, -0.05) is 13.3 Å². The van der Waals surface area contributed by atoms with Gasteiger partial charge in [-0.2, -0.15) is 0 Å². The fraction of sp³-hybridized carbons (Fsp3) is 0.765. The second-order valence-corrected chi connectivity index (χ2v) is 19.7. The highest BCUT2D eigenvalue weighted by atomic mass is 31.2. The highest BCUT2D eigenvalue weighted by Gasteiger charge is 2.58. The molecule has 0 aromatic heterocycles.